The van der Waals surface area contributed by atoms with Gasteiger partial charge in [-0.3, -0.25) is 9.69 Å². The van der Waals surface area contributed by atoms with Gasteiger partial charge in [0.25, 0.3) is 0 Å². The van der Waals surface area contributed by atoms with Crippen LogP contribution in [0.1, 0.15) is 30.4 Å². The molecule has 35 heavy (non-hydrogen) atoms. The highest BCUT2D eigenvalue weighted by atomic mass is 32.2. The van der Waals surface area contributed by atoms with Crippen LogP contribution in [-0.2, 0) is 19.6 Å². The third-order valence-electron chi connectivity index (χ3n) is 7.44. The van der Waals surface area contributed by atoms with Gasteiger partial charge in [0.2, 0.25) is 15.9 Å². The normalized spacial score (nSPS) is 20.5. The summed E-state index contributed by atoms with van der Waals surface area (Å²) < 4.78 is 38.3. The smallest absolute Gasteiger partial charge is 0.248 e. The molecule has 2 heterocycles. The van der Waals surface area contributed by atoms with Crippen LogP contribution in [0.25, 0.3) is 0 Å². The number of amides is 1. The van der Waals surface area contributed by atoms with Crippen molar-refractivity contribution in [3.05, 3.63) is 23.3 Å². The van der Waals surface area contributed by atoms with Crippen LogP contribution in [0, 0.1) is 13.8 Å². The Kier molecular flexibility index (Phi) is 9.56. The zero-order valence-corrected chi connectivity index (χ0v) is 22.9. The summed E-state index contributed by atoms with van der Waals surface area (Å²) in [5, 5.41) is 0. The van der Waals surface area contributed by atoms with Crippen LogP contribution in [0.2, 0.25) is 0 Å². The van der Waals surface area contributed by atoms with Crippen molar-refractivity contribution in [2.24, 2.45) is 0 Å². The second kappa shape index (κ2) is 12.0. The predicted molar refractivity (Wildman–Crippen MR) is 136 cm³/mol. The number of benzene rings is 1. The molecule has 10 heteroatoms. The van der Waals surface area contributed by atoms with Gasteiger partial charge in [-0.1, -0.05) is 0 Å². The van der Waals surface area contributed by atoms with Crippen molar-refractivity contribution in [2.75, 3.05) is 74.2 Å². The lowest BCUT2D eigenvalue weighted by molar-refractivity contribution is -0.137. The van der Waals surface area contributed by atoms with E-state index in [9.17, 15) is 13.2 Å². The highest BCUT2D eigenvalue weighted by Crippen LogP contribution is 2.27. The number of ether oxygens (including phenoxy) is 2. The summed E-state index contributed by atoms with van der Waals surface area (Å²) >= 11 is 0. The highest BCUT2D eigenvalue weighted by Gasteiger charge is 2.31. The van der Waals surface area contributed by atoms with Gasteiger partial charge < -0.3 is 19.3 Å². The van der Waals surface area contributed by atoms with E-state index in [1.807, 2.05) is 11.9 Å². The van der Waals surface area contributed by atoms with E-state index < -0.39 is 10.0 Å². The maximum absolute atomic E-state index is 13.1. The van der Waals surface area contributed by atoms with E-state index in [1.54, 1.807) is 33.1 Å². The molecule has 1 unspecified atom stereocenters. The topological polar surface area (TPSA) is 82.6 Å². The molecule has 2 fully saturated rings. The van der Waals surface area contributed by atoms with Crippen molar-refractivity contribution >= 4 is 15.9 Å². The Hall–Kier alpha value is -1.72. The second-order valence-corrected chi connectivity index (χ2v) is 11.9. The molecular formula is C25H42N4O5S. The van der Waals surface area contributed by atoms with E-state index in [0.717, 1.165) is 39.0 Å². The molecule has 0 aliphatic carbocycles. The molecule has 0 N–H and O–H groups in total. The Bertz CT molecular complexity index is 955. The zero-order valence-electron chi connectivity index (χ0n) is 22.1. The molecule has 1 amide bonds. The third-order valence-corrected chi connectivity index (χ3v) is 9.60. The molecule has 2 saturated heterocycles. The lowest BCUT2D eigenvalue weighted by atomic mass is 10.0. The van der Waals surface area contributed by atoms with Crippen molar-refractivity contribution in [2.45, 2.75) is 50.1 Å². The summed E-state index contributed by atoms with van der Waals surface area (Å²) in [6.07, 6.45) is 3.18. The first-order chi connectivity index (χ1) is 16.5. The molecule has 0 bridgehead atoms. The number of piperidine rings is 1. The summed E-state index contributed by atoms with van der Waals surface area (Å²) in [5.41, 5.74) is 1.27. The van der Waals surface area contributed by atoms with Crippen LogP contribution in [0.5, 0.6) is 5.75 Å². The average Bonchev–Trinajstić information content (AvgIpc) is 3.26. The molecule has 1 aromatic rings. The number of likely N-dealkylation sites (tertiary alicyclic amines) is 2. The molecule has 2 aliphatic heterocycles. The van der Waals surface area contributed by atoms with Crippen molar-refractivity contribution in [1.82, 2.24) is 19.0 Å². The lowest BCUT2D eigenvalue weighted by Crippen LogP contribution is -2.49. The van der Waals surface area contributed by atoms with Crippen LogP contribution in [0.4, 0.5) is 0 Å². The summed E-state index contributed by atoms with van der Waals surface area (Å²) in [6.45, 7) is 8.14. The fourth-order valence-electron chi connectivity index (χ4n) is 5.22. The number of nitrogens with zero attached hydrogens (tertiary/aromatic N) is 4. The first kappa shape index (κ1) is 27.9. The van der Waals surface area contributed by atoms with Gasteiger partial charge in [0.1, 0.15) is 12.4 Å². The second-order valence-electron chi connectivity index (χ2n) is 9.95. The molecule has 1 atom stereocenters. The number of carbonyl (C=O) groups excluding carboxylic acids is 1. The summed E-state index contributed by atoms with van der Waals surface area (Å²) in [7, 11) is 3.43. The number of likely N-dealkylation sites (N-methyl/N-ethyl adjacent to an activating group) is 3. The molecule has 0 radical (unpaired) electrons. The van der Waals surface area contributed by atoms with Gasteiger partial charge >= 0.3 is 0 Å². The first-order valence-corrected chi connectivity index (χ1v) is 13.9. The first-order valence-electron chi connectivity index (χ1n) is 12.4. The zero-order chi connectivity index (χ0) is 25.8. The Morgan fingerprint density at radius 1 is 1.09 bits per heavy atom. The minimum absolute atomic E-state index is 0.0430. The van der Waals surface area contributed by atoms with Crippen molar-refractivity contribution in [3.8, 4) is 5.75 Å². The average molecular weight is 511 g/mol. The van der Waals surface area contributed by atoms with Crippen LogP contribution in [-0.4, -0.2) is 120 Å². The molecular weight excluding hydrogens is 468 g/mol. The lowest BCUT2D eigenvalue weighted by Gasteiger charge is -2.39. The Labute approximate surface area is 211 Å². The SMILES string of the molecule is COc1cc(C)c(S(=O)(=O)N(C)CCOCC(=O)N(C)C2CCN(C3CCN(C)C3)CC2)c(C)c1. The van der Waals surface area contributed by atoms with Crippen molar-refractivity contribution < 1.29 is 22.7 Å². The molecule has 0 saturated carbocycles. The maximum atomic E-state index is 13.1. The molecule has 0 aromatic heterocycles. The third kappa shape index (κ3) is 6.74. The number of aryl methyl sites for hydroxylation is 2. The molecule has 9 nitrogen and oxygen atoms in total. The standard InChI is InChI=1S/C25H42N4O5S/c1-19-15-23(33-6)16-20(2)25(19)35(31,32)27(4)13-14-34-18-24(30)28(5)21-8-11-29(12-9-21)22-7-10-26(3)17-22/h15-16,21-22H,7-14,17-18H2,1-6H3. The minimum atomic E-state index is -3.68. The monoisotopic (exact) mass is 510 g/mol. The summed E-state index contributed by atoms with van der Waals surface area (Å²) in [6, 6.07) is 4.31. The Morgan fingerprint density at radius 2 is 1.71 bits per heavy atom. The maximum Gasteiger partial charge on any atom is 0.248 e. The fraction of sp³-hybridized carbons (Fsp3) is 0.720. The van der Waals surface area contributed by atoms with E-state index in [4.69, 9.17) is 9.47 Å². The van der Waals surface area contributed by atoms with Crippen molar-refractivity contribution in [1.29, 1.82) is 0 Å². The predicted octanol–water partition coefficient (Wildman–Crippen LogP) is 1.58. The van der Waals surface area contributed by atoms with Gasteiger partial charge in [0.05, 0.1) is 18.6 Å². The number of methoxy groups -OCH3 is 1. The highest BCUT2D eigenvalue weighted by molar-refractivity contribution is 7.89. The molecule has 198 valence electrons. The van der Waals surface area contributed by atoms with Crippen LogP contribution in [0.15, 0.2) is 17.0 Å². The Balaban J connectivity index is 1.43. The fourth-order valence-corrected chi connectivity index (χ4v) is 6.78. The van der Waals surface area contributed by atoms with Crippen molar-refractivity contribution in [3.63, 3.8) is 0 Å². The van der Waals surface area contributed by atoms with E-state index in [0.29, 0.717) is 22.9 Å². The Morgan fingerprint density at radius 3 is 2.26 bits per heavy atom. The minimum Gasteiger partial charge on any atom is -0.497 e. The number of carbonyl (C=O) groups is 1. The number of rotatable bonds is 10. The van der Waals surface area contributed by atoms with Gasteiger partial charge in [0, 0.05) is 52.4 Å². The number of hydrogen-bond donors (Lipinski definition) is 0. The molecule has 1 aromatic carbocycles. The van der Waals surface area contributed by atoms with E-state index in [1.165, 1.54) is 17.8 Å². The number of sulfonamides is 1. The van der Waals surface area contributed by atoms with Gasteiger partial charge in [-0.2, -0.15) is 4.31 Å². The quantitative estimate of drug-likeness (QED) is 0.442. The summed E-state index contributed by atoms with van der Waals surface area (Å²) in [4.78, 5) is 19.7. The molecule has 0 spiro atoms. The van der Waals surface area contributed by atoms with Crippen LogP contribution in [0.3, 0.4) is 0 Å². The summed E-state index contributed by atoms with van der Waals surface area (Å²) in [5.74, 6) is 0.570. The van der Waals surface area contributed by atoms with Gasteiger partial charge in [-0.05, 0) is 70.0 Å². The van der Waals surface area contributed by atoms with E-state index >= 15 is 0 Å². The molecule has 2 aliphatic rings. The van der Waals surface area contributed by atoms with Gasteiger partial charge in [0.15, 0.2) is 0 Å². The van der Waals surface area contributed by atoms with Gasteiger partial charge in [-0.15, -0.1) is 0 Å². The van der Waals surface area contributed by atoms with E-state index in [2.05, 4.69) is 16.8 Å². The van der Waals surface area contributed by atoms with Crippen LogP contribution < -0.4 is 4.74 Å². The van der Waals surface area contributed by atoms with Crippen LogP contribution >= 0.6 is 0 Å². The van der Waals surface area contributed by atoms with E-state index in [-0.39, 0.29) is 36.6 Å². The van der Waals surface area contributed by atoms with Gasteiger partial charge in [-0.25, -0.2) is 8.42 Å². The number of hydrogen-bond acceptors (Lipinski definition) is 7. The largest absolute Gasteiger partial charge is 0.497 e. The molecule has 3 rings (SSSR count).